The molecular weight excluding hydrogens is 598 g/mol. The molecule has 48 heavy (non-hydrogen) atoms. The zero-order chi connectivity index (χ0) is 33.2. The number of fused-ring (bicyclic) bond motifs is 8. The van der Waals surface area contributed by atoms with E-state index < -0.39 is 5.60 Å². The van der Waals surface area contributed by atoms with Gasteiger partial charge in [-0.25, -0.2) is 0 Å². The third-order valence-electron chi connectivity index (χ3n) is 10.5. The molecule has 6 heteroatoms. The van der Waals surface area contributed by atoms with Crippen LogP contribution < -0.4 is 23.8 Å². The van der Waals surface area contributed by atoms with Gasteiger partial charge in [0.1, 0.15) is 11.5 Å². The maximum Gasteiger partial charge on any atom is 0.178 e. The van der Waals surface area contributed by atoms with Crippen molar-refractivity contribution in [3.63, 3.8) is 0 Å². The summed E-state index contributed by atoms with van der Waals surface area (Å²) in [6.45, 7) is 10.1. The zero-order valence-electron chi connectivity index (χ0n) is 28.5. The van der Waals surface area contributed by atoms with Gasteiger partial charge in [0.2, 0.25) is 0 Å². The minimum atomic E-state index is -0.899. The van der Waals surface area contributed by atoms with Crippen LogP contribution in [0, 0.1) is 6.92 Å². The summed E-state index contributed by atoms with van der Waals surface area (Å²) in [6, 6.07) is 28.0. The molecular formula is C42H41NO5. The number of benzene rings is 5. The summed E-state index contributed by atoms with van der Waals surface area (Å²) in [5.41, 5.74) is 9.48. The third-order valence-corrected chi connectivity index (χ3v) is 10.5. The van der Waals surface area contributed by atoms with E-state index in [9.17, 15) is 0 Å². The summed E-state index contributed by atoms with van der Waals surface area (Å²) in [7, 11) is 5.07. The lowest BCUT2D eigenvalue weighted by molar-refractivity contribution is 0.122. The molecule has 1 atom stereocenters. The van der Waals surface area contributed by atoms with Crippen molar-refractivity contribution in [2.45, 2.75) is 31.8 Å². The van der Waals surface area contributed by atoms with E-state index in [0.29, 0.717) is 11.5 Å². The topological polar surface area (TPSA) is 49.4 Å². The standard InChI is InChI=1S/C42H41NO5/c1-26-7-16-31-35(23-26)41(2,3)39-32-17-18-42(28-10-14-30(44-4)15-11-28,27-8-12-29(13-9-27)43-19-21-47-22-20-43)48-40(32)34-25-37(46-6)36(45-5)24-33(34)38(31)39/h7-18,23-25H,19-22H2,1-6H3. The fraction of sp³-hybridized carbons (Fsp3) is 0.286. The van der Waals surface area contributed by atoms with Crippen LogP contribution >= 0.6 is 0 Å². The summed E-state index contributed by atoms with van der Waals surface area (Å²) in [5.74, 6) is 2.98. The first-order valence-corrected chi connectivity index (χ1v) is 16.6. The molecule has 8 rings (SSSR count). The average molecular weight is 640 g/mol. The van der Waals surface area contributed by atoms with Gasteiger partial charge in [-0.3, -0.25) is 0 Å². The highest BCUT2D eigenvalue weighted by Gasteiger charge is 2.44. The van der Waals surface area contributed by atoms with Gasteiger partial charge < -0.3 is 28.6 Å². The Hall–Kier alpha value is -4.94. The van der Waals surface area contributed by atoms with Crippen molar-refractivity contribution in [2.75, 3.05) is 52.5 Å². The Balaban J connectivity index is 1.39. The second-order valence-corrected chi connectivity index (χ2v) is 13.5. The molecule has 244 valence electrons. The lowest BCUT2D eigenvalue weighted by Gasteiger charge is -2.39. The third kappa shape index (κ3) is 4.50. The molecule has 1 aliphatic carbocycles. The normalized spacial score (nSPS) is 18.9. The lowest BCUT2D eigenvalue weighted by atomic mass is 9.76. The van der Waals surface area contributed by atoms with Crippen LogP contribution in [0.5, 0.6) is 23.0 Å². The van der Waals surface area contributed by atoms with Crippen molar-refractivity contribution < 1.29 is 23.7 Å². The SMILES string of the molecule is COc1ccc(C2(c3ccc(N4CCOCC4)cc3)C=Cc3c4c(c5cc(OC)c(OC)cc5c3O2)-c2ccc(C)cc2C4(C)C)cc1. The van der Waals surface area contributed by atoms with Crippen LogP contribution in [0.25, 0.3) is 28.0 Å². The monoisotopic (exact) mass is 639 g/mol. The van der Waals surface area contributed by atoms with Gasteiger partial charge in [0, 0.05) is 46.3 Å². The highest BCUT2D eigenvalue weighted by atomic mass is 16.5. The second kappa shape index (κ2) is 11.3. The average Bonchev–Trinajstić information content (AvgIpc) is 3.37. The molecule has 0 spiro atoms. The molecule has 0 radical (unpaired) electrons. The van der Waals surface area contributed by atoms with Crippen LogP contribution in [0.3, 0.4) is 0 Å². The lowest BCUT2D eigenvalue weighted by Crippen LogP contribution is -2.37. The van der Waals surface area contributed by atoms with Gasteiger partial charge in [0.15, 0.2) is 17.1 Å². The molecule has 5 aromatic rings. The molecule has 5 aromatic carbocycles. The van der Waals surface area contributed by atoms with Crippen LogP contribution in [0.2, 0.25) is 0 Å². The second-order valence-electron chi connectivity index (χ2n) is 13.5. The summed E-state index contributed by atoms with van der Waals surface area (Å²) in [6.07, 6.45) is 4.52. The maximum atomic E-state index is 7.52. The van der Waals surface area contributed by atoms with E-state index in [4.69, 9.17) is 23.7 Å². The van der Waals surface area contributed by atoms with E-state index in [1.807, 2.05) is 12.1 Å². The van der Waals surface area contributed by atoms with Gasteiger partial charge in [-0.15, -0.1) is 0 Å². The Bertz CT molecular complexity index is 2070. The molecule has 0 bridgehead atoms. The van der Waals surface area contributed by atoms with Crippen molar-refractivity contribution in [2.24, 2.45) is 0 Å². The van der Waals surface area contributed by atoms with Gasteiger partial charge in [-0.05, 0) is 77.0 Å². The number of nitrogens with zero attached hydrogens (tertiary/aromatic N) is 1. The van der Waals surface area contributed by atoms with Gasteiger partial charge in [0.25, 0.3) is 0 Å². The molecule has 0 N–H and O–H groups in total. The van der Waals surface area contributed by atoms with Crippen molar-refractivity contribution in [1.29, 1.82) is 0 Å². The predicted molar refractivity (Wildman–Crippen MR) is 192 cm³/mol. The summed E-state index contributed by atoms with van der Waals surface area (Å²) in [5, 5.41) is 2.07. The first-order chi connectivity index (χ1) is 23.3. The smallest absolute Gasteiger partial charge is 0.178 e. The number of methoxy groups -OCH3 is 3. The van der Waals surface area contributed by atoms with Gasteiger partial charge in [-0.2, -0.15) is 0 Å². The molecule has 1 saturated heterocycles. The fourth-order valence-electron chi connectivity index (χ4n) is 7.98. The number of aryl methyl sites for hydroxylation is 1. The Morgan fingerprint density at radius 2 is 1.38 bits per heavy atom. The number of anilines is 1. The van der Waals surface area contributed by atoms with E-state index in [2.05, 4.69) is 105 Å². The van der Waals surface area contributed by atoms with Crippen LogP contribution in [0.4, 0.5) is 5.69 Å². The van der Waals surface area contributed by atoms with Gasteiger partial charge in [0.05, 0.1) is 34.5 Å². The highest BCUT2D eigenvalue weighted by molar-refractivity contribution is 6.09. The summed E-state index contributed by atoms with van der Waals surface area (Å²) < 4.78 is 30.4. The van der Waals surface area contributed by atoms with Crippen LogP contribution in [-0.4, -0.2) is 47.6 Å². The quantitative estimate of drug-likeness (QED) is 0.185. The zero-order valence-corrected chi connectivity index (χ0v) is 28.5. The van der Waals surface area contributed by atoms with Gasteiger partial charge in [-0.1, -0.05) is 68.0 Å². The van der Waals surface area contributed by atoms with Crippen molar-refractivity contribution in [3.8, 4) is 34.1 Å². The molecule has 1 unspecified atom stereocenters. The number of ether oxygens (including phenoxy) is 5. The largest absolute Gasteiger partial charge is 0.497 e. The summed E-state index contributed by atoms with van der Waals surface area (Å²) in [4.78, 5) is 2.37. The first kappa shape index (κ1) is 30.4. The number of morpholine rings is 1. The Morgan fingerprint density at radius 1 is 0.729 bits per heavy atom. The molecule has 3 aliphatic rings. The minimum absolute atomic E-state index is 0.254. The fourth-order valence-corrected chi connectivity index (χ4v) is 7.98. The van der Waals surface area contributed by atoms with E-state index in [1.54, 1.807) is 21.3 Å². The van der Waals surface area contributed by atoms with Gasteiger partial charge >= 0.3 is 0 Å². The molecule has 6 nitrogen and oxygen atoms in total. The number of hydrogen-bond acceptors (Lipinski definition) is 6. The molecule has 2 aliphatic heterocycles. The van der Waals surface area contributed by atoms with Crippen LogP contribution in [-0.2, 0) is 15.8 Å². The molecule has 0 amide bonds. The highest BCUT2D eigenvalue weighted by Crippen LogP contribution is 2.59. The van der Waals surface area contributed by atoms with Crippen molar-refractivity contribution >= 4 is 22.5 Å². The van der Waals surface area contributed by atoms with Crippen LogP contribution in [0.15, 0.2) is 84.9 Å². The maximum absolute atomic E-state index is 7.52. The van der Waals surface area contributed by atoms with E-state index in [-0.39, 0.29) is 5.41 Å². The van der Waals surface area contributed by atoms with E-state index in [0.717, 1.165) is 65.3 Å². The Labute approximate surface area is 282 Å². The van der Waals surface area contributed by atoms with E-state index in [1.165, 1.54) is 33.5 Å². The van der Waals surface area contributed by atoms with Crippen LogP contribution in [0.1, 0.15) is 47.2 Å². The molecule has 1 fully saturated rings. The number of hydrogen-bond donors (Lipinski definition) is 0. The minimum Gasteiger partial charge on any atom is -0.497 e. The number of rotatable bonds is 6. The molecule has 0 saturated carbocycles. The summed E-state index contributed by atoms with van der Waals surface area (Å²) >= 11 is 0. The van der Waals surface area contributed by atoms with Crippen molar-refractivity contribution in [1.82, 2.24) is 0 Å². The Kier molecular flexibility index (Phi) is 7.18. The van der Waals surface area contributed by atoms with E-state index >= 15 is 0 Å². The first-order valence-electron chi connectivity index (χ1n) is 16.6. The molecule has 2 heterocycles. The molecule has 0 aromatic heterocycles. The Morgan fingerprint density at radius 3 is 2.02 bits per heavy atom. The predicted octanol–water partition coefficient (Wildman–Crippen LogP) is 8.67. The van der Waals surface area contributed by atoms with Crippen molar-refractivity contribution in [3.05, 3.63) is 118 Å².